The van der Waals surface area contributed by atoms with E-state index in [2.05, 4.69) is 47.4 Å². The summed E-state index contributed by atoms with van der Waals surface area (Å²) in [6.07, 6.45) is 6.19. The second-order valence-electron chi connectivity index (χ2n) is 6.18. The SMILES string of the molecule is [2H]C1(c2ccc(-c3ccnc(-c4ccccc4)c3)cc2)CCCC1. The molecule has 0 aliphatic heterocycles. The molecule has 0 unspecified atom stereocenters. The van der Waals surface area contributed by atoms with E-state index in [1.54, 1.807) is 0 Å². The summed E-state index contributed by atoms with van der Waals surface area (Å²) in [6, 6.07) is 23.0. The van der Waals surface area contributed by atoms with E-state index in [1.807, 2.05) is 30.5 Å². The molecule has 0 N–H and O–H groups in total. The smallest absolute Gasteiger partial charge is 0.0708 e. The Morgan fingerprint density at radius 1 is 0.783 bits per heavy atom. The first-order valence-corrected chi connectivity index (χ1v) is 8.37. The summed E-state index contributed by atoms with van der Waals surface area (Å²) in [5, 5.41) is 0. The molecule has 0 radical (unpaired) electrons. The molecule has 1 aliphatic carbocycles. The van der Waals surface area contributed by atoms with Crippen molar-refractivity contribution >= 4 is 0 Å². The van der Waals surface area contributed by atoms with Crippen molar-refractivity contribution in [2.45, 2.75) is 31.6 Å². The second-order valence-corrected chi connectivity index (χ2v) is 6.18. The molecule has 0 atom stereocenters. The molecule has 4 rings (SSSR count). The summed E-state index contributed by atoms with van der Waals surface area (Å²) in [7, 11) is 0. The Kier molecular flexibility index (Phi) is 3.62. The van der Waals surface area contributed by atoms with E-state index in [-0.39, 0.29) is 5.89 Å². The Balaban J connectivity index is 1.65. The highest BCUT2D eigenvalue weighted by atomic mass is 14.7. The summed E-state index contributed by atoms with van der Waals surface area (Å²) >= 11 is 0. The van der Waals surface area contributed by atoms with Gasteiger partial charge >= 0.3 is 0 Å². The van der Waals surface area contributed by atoms with Crippen LogP contribution < -0.4 is 0 Å². The van der Waals surface area contributed by atoms with Crippen LogP contribution in [0.15, 0.2) is 72.9 Å². The average molecular weight is 300 g/mol. The molecule has 23 heavy (non-hydrogen) atoms. The number of rotatable bonds is 3. The van der Waals surface area contributed by atoms with E-state index >= 15 is 0 Å². The first kappa shape index (κ1) is 13.1. The van der Waals surface area contributed by atoms with Gasteiger partial charge in [0.2, 0.25) is 0 Å². The van der Waals surface area contributed by atoms with Crippen molar-refractivity contribution in [2.24, 2.45) is 0 Å². The van der Waals surface area contributed by atoms with Gasteiger partial charge in [0.15, 0.2) is 0 Å². The van der Waals surface area contributed by atoms with Crippen molar-refractivity contribution in [3.8, 4) is 22.4 Å². The summed E-state index contributed by atoms with van der Waals surface area (Å²) in [5.74, 6) is -0.369. The number of nitrogens with zero attached hydrogens (tertiary/aromatic N) is 1. The predicted molar refractivity (Wildman–Crippen MR) is 96.3 cm³/mol. The average Bonchev–Trinajstić information content (AvgIpc) is 3.11. The van der Waals surface area contributed by atoms with E-state index in [0.29, 0.717) is 0 Å². The minimum atomic E-state index is -0.369. The molecule has 1 nitrogen and oxygen atoms in total. The van der Waals surface area contributed by atoms with Gasteiger partial charge in [0.05, 0.1) is 5.69 Å². The van der Waals surface area contributed by atoms with Gasteiger partial charge in [0, 0.05) is 13.1 Å². The fourth-order valence-corrected chi connectivity index (χ4v) is 3.37. The normalized spacial score (nSPS) is 17.0. The number of pyridine rings is 1. The highest BCUT2D eigenvalue weighted by Gasteiger charge is 2.16. The largest absolute Gasteiger partial charge is 0.256 e. The Morgan fingerprint density at radius 3 is 2.26 bits per heavy atom. The van der Waals surface area contributed by atoms with Crippen molar-refractivity contribution in [3.63, 3.8) is 0 Å². The van der Waals surface area contributed by atoms with Crippen molar-refractivity contribution < 1.29 is 1.37 Å². The lowest BCUT2D eigenvalue weighted by Crippen LogP contribution is -1.92. The van der Waals surface area contributed by atoms with Crippen LogP contribution in [0, 0.1) is 0 Å². The van der Waals surface area contributed by atoms with Crippen LogP contribution in [0.2, 0.25) is 0 Å². The van der Waals surface area contributed by atoms with Gasteiger partial charge in [-0.25, -0.2) is 0 Å². The highest BCUT2D eigenvalue weighted by molar-refractivity contribution is 5.70. The van der Waals surface area contributed by atoms with Crippen LogP contribution in [0.1, 0.15) is 38.5 Å². The molecule has 0 saturated heterocycles. The predicted octanol–water partition coefficient (Wildman–Crippen LogP) is 6.07. The van der Waals surface area contributed by atoms with E-state index in [0.717, 1.165) is 29.7 Å². The third kappa shape index (κ3) is 3.05. The van der Waals surface area contributed by atoms with Gasteiger partial charge in [0.25, 0.3) is 0 Å². The molecule has 1 heteroatoms. The Bertz CT molecular complexity index is 818. The minimum absolute atomic E-state index is 0.369. The fraction of sp³-hybridized carbons (Fsp3) is 0.227. The van der Waals surface area contributed by atoms with Crippen molar-refractivity contribution in [3.05, 3.63) is 78.5 Å². The highest BCUT2D eigenvalue weighted by Crippen LogP contribution is 2.35. The number of hydrogen-bond donors (Lipinski definition) is 0. The second kappa shape index (κ2) is 6.37. The fourth-order valence-electron chi connectivity index (χ4n) is 3.37. The van der Waals surface area contributed by atoms with Crippen molar-refractivity contribution in [2.75, 3.05) is 0 Å². The molecule has 1 saturated carbocycles. The zero-order valence-corrected chi connectivity index (χ0v) is 13.2. The third-order valence-corrected chi connectivity index (χ3v) is 4.66. The molecular formula is C22H21N. The van der Waals surface area contributed by atoms with Gasteiger partial charge < -0.3 is 0 Å². The van der Waals surface area contributed by atoms with Gasteiger partial charge in [-0.2, -0.15) is 0 Å². The van der Waals surface area contributed by atoms with Crippen LogP contribution in [0.5, 0.6) is 0 Å². The molecule has 114 valence electrons. The Hall–Kier alpha value is -2.41. The molecule has 1 heterocycles. The Labute approximate surface area is 139 Å². The van der Waals surface area contributed by atoms with E-state index < -0.39 is 0 Å². The van der Waals surface area contributed by atoms with Crippen molar-refractivity contribution in [1.82, 2.24) is 4.98 Å². The van der Waals surface area contributed by atoms with E-state index in [4.69, 9.17) is 1.37 Å². The monoisotopic (exact) mass is 300 g/mol. The molecule has 0 amide bonds. The first-order chi connectivity index (χ1) is 11.7. The van der Waals surface area contributed by atoms with Gasteiger partial charge in [0.1, 0.15) is 0 Å². The molecular weight excluding hydrogens is 278 g/mol. The summed E-state index contributed by atoms with van der Waals surface area (Å²) in [5.41, 5.74) is 5.62. The first-order valence-electron chi connectivity index (χ1n) is 8.87. The van der Waals surface area contributed by atoms with Crippen LogP contribution >= 0.6 is 0 Å². The van der Waals surface area contributed by atoms with Gasteiger partial charge in [-0.3, -0.25) is 4.98 Å². The molecule has 1 aliphatic rings. The van der Waals surface area contributed by atoms with Gasteiger partial charge in [-0.05, 0) is 47.6 Å². The summed E-state index contributed by atoms with van der Waals surface area (Å²) in [6.45, 7) is 0. The lowest BCUT2D eigenvalue weighted by Gasteiger charge is -2.11. The summed E-state index contributed by atoms with van der Waals surface area (Å²) < 4.78 is 8.63. The number of aromatic nitrogens is 1. The Morgan fingerprint density at radius 2 is 1.52 bits per heavy atom. The standard InChI is InChI=1S/C22H21N/c1-2-8-20(9-3-1)22-16-21(14-15-23-22)19-12-10-18(11-13-19)17-6-4-5-7-17/h1-3,8-17H,4-7H2/i17D. The maximum atomic E-state index is 8.63. The zero-order valence-electron chi connectivity index (χ0n) is 14.2. The van der Waals surface area contributed by atoms with Gasteiger partial charge in [-0.15, -0.1) is 0 Å². The number of hydrogen-bond acceptors (Lipinski definition) is 1. The van der Waals surface area contributed by atoms with Crippen LogP contribution in [0.3, 0.4) is 0 Å². The van der Waals surface area contributed by atoms with E-state index in [1.165, 1.54) is 24.0 Å². The van der Waals surface area contributed by atoms with Crippen LogP contribution in [0.4, 0.5) is 0 Å². The molecule has 3 aromatic rings. The van der Waals surface area contributed by atoms with Crippen LogP contribution in [-0.4, -0.2) is 4.98 Å². The van der Waals surface area contributed by atoms with Gasteiger partial charge in [-0.1, -0.05) is 67.4 Å². The summed E-state index contributed by atoms with van der Waals surface area (Å²) in [4.78, 5) is 4.50. The van der Waals surface area contributed by atoms with Crippen LogP contribution in [0.25, 0.3) is 22.4 Å². The molecule has 2 aromatic carbocycles. The van der Waals surface area contributed by atoms with Crippen molar-refractivity contribution in [1.29, 1.82) is 0 Å². The lowest BCUT2D eigenvalue weighted by molar-refractivity contribution is 0.723. The number of benzene rings is 2. The molecule has 1 aromatic heterocycles. The quantitative estimate of drug-likeness (QED) is 0.571. The topological polar surface area (TPSA) is 12.9 Å². The maximum absolute atomic E-state index is 8.63. The molecule has 1 fully saturated rings. The maximum Gasteiger partial charge on any atom is 0.0708 e. The molecule has 0 spiro atoms. The molecule has 0 bridgehead atoms. The van der Waals surface area contributed by atoms with E-state index in [9.17, 15) is 0 Å². The third-order valence-electron chi connectivity index (χ3n) is 4.66. The van der Waals surface area contributed by atoms with Crippen LogP contribution in [-0.2, 0) is 0 Å². The zero-order chi connectivity index (χ0) is 16.4. The lowest BCUT2D eigenvalue weighted by atomic mass is 9.95. The minimum Gasteiger partial charge on any atom is -0.256 e.